The van der Waals surface area contributed by atoms with Gasteiger partial charge in [-0.2, -0.15) is 0 Å². The lowest BCUT2D eigenvalue weighted by Gasteiger charge is -2.07. The zero-order valence-corrected chi connectivity index (χ0v) is 11.1. The van der Waals surface area contributed by atoms with E-state index >= 15 is 0 Å². The number of benzene rings is 1. The number of rotatable bonds is 7. The first-order valence-electron chi connectivity index (χ1n) is 6.31. The van der Waals surface area contributed by atoms with Crippen LogP contribution in [0.4, 0.5) is 0 Å². The van der Waals surface area contributed by atoms with Gasteiger partial charge in [-0.25, -0.2) is 13.1 Å². The molecule has 1 aromatic rings. The fourth-order valence-electron chi connectivity index (χ4n) is 1.90. The Morgan fingerprint density at radius 3 is 2.78 bits per heavy atom. The zero-order valence-electron chi connectivity index (χ0n) is 10.3. The quantitative estimate of drug-likeness (QED) is 0.740. The molecule has 0 radical (unpaired) electrons. The molecule has 2 rings (SSSR count). The summed E-state index contributed by atoms with van der Waals surface area (Å²) in [4.78, 5) is 0.223. The highest BCUT2D eigenvalue weighted by Gasteiger charge is 2.20. The minimum Gasteiger partial charge on any atom is -0.392 e. The van der Waals surface area contributed by atoms with Gasteiger partial charge >= 0.3 is 0 Å². The third-order valence-electron chi connectivity index (χ3n) is 3.17. The normalized spacial score (nSPS) is 15.8. The van der Waals surface area contributed by atoms with Crippen LogP contribution in [0.15, 0.2) is 29.2 Å². The molecule has 4 nitrogen and oxygen atoms in total. The van der Waals surface area contributed by atoms with Crippen LogP contribution < -0.4 is 4.72 Å². The zero-order chi connectivity index (χ0) is 13.0. The highest BCUT2D eigenvalue weighted by atomic mass is 32.2. The molecule has 0 heterocycles. The van der Waals surface area contributed by atoms with Crippen molar-refractivity contribution < 1.29 is 13.5 Å². The molecule has 0 bridgehead atoms. The SMILES string of the molecule is O=S(=O)(NCCCC1CC1)c1cccc(CO)c1. The van der Waals surface area contributed by atoms with Gasteiger partial charge in [0, 0.05) is 6.54 Å². The third kappa shape index (κ3) is 3.80. The molecule has 5 heteroatoms. The van der Waals surface area contributed by atoms with E-state index in [4.69, 9.17) is 5.11 Å². The Kier molecular flexibility index (Phi) is 4.37. The van der Waals surface area contributed by atoms with Crippen molar-refractivity contribution in [2.24, 2.45) is 5.92 Å². The highest BCUT2D eigenvalue weighted by Crippen LogP contribution is 2.33. The largest absolute Gasteiger partial charge is 0.392 e. The van der Waals surface area contributed by atoms with Crippen molar-refractivity contribution in [1.82, 2.24) is 4.72 Å². The molecule has 1 aromatic carbocycles. The smallest absolute Gasteiger partial charge is 0.240 e. The first-order chi connectivity index (χ1) is 8.62. The van der Waals surface area contributed by atoms with Crippen LogP contribution in [0.25, 0.3) is 0 Å². The van der Waals surface area contributed by atoms with Gasteiger partial charge in [0.25, 0.3) is 0 Å². The average Bonchev–Trinajstić information content (AvgIpc) is 3.19. The van der Waals surface area contributed by atoms with E-state index in [1.165, 1.54) is 18.9 Å². The van der Waals surface area contributed by atoms with Gasteiger partial charge < -0.3 is 5.11 Å². The molecule has 0 saturated heterocycles. The maximum atomic E-state index is 12.0. The van der Waals surface area contributed by atoms with Crippen molar-refractivity contribution >= 4 is 10.0 Å². The van der Waals surface area contributed by atoms with Crippen molar-refractivity contribution in [2.75, 3.05) is 6.54 Å². The van der Waals surface area contributed by atoms with Gasteiger partial charge in [0.15, 0.2) is 0 Å². The van der Waals surface area contributed by atoms with Gasteiger partial charge in [-0.1, -0.05) is 25.0 Å². The molecule has 0 atom stereocenters. The molecular weight excluding hydrogens is 250 g/mol. The van der Waals surface area contributed by atoms with Crippen LogP contribution in [-0.2, 0) is 16.6 Å². The molecule has 100 valence electrons. The first kappa shape index (κ1) is 13.5. The van der Waals surface area contributed by atoms with E-state index in [0.717, 1.165) is 18.8 Å². The molecule has 0 amide bonds. The van der Waals surface area contributed by atoms with Crippen molar-refractivity contribution in [1.29, 1.82) is 0 Å². The third-order valence-corrected chi connectivity index (χ3v) is 4.63. The summed E-state index contributed by atoms with van der Waals surface area (Å²) in [6.07, 6.45) is 4.60. The van der Waals surface area contributed by atoms with Crippen LogP contribution in [0, 0.1) is 5.92 Å². The number of nitrogens with one attached hydrogen (secondary N) is 1. The maximum Gasteiger partial charge on any atom is 0.240 e. The highest BCUT2D eigenvalue weighted by molar-refractivity contribution is 7.89. The van der Waals surface area contributed by atoms with Gasteiger partial charge in [0.2, 0.25) is 10.0 Å². The van der Waals surface area contributed by atoms with E-state index in [1.54, 1.807) is 18.2 Å². The molecule has 0 aromatic heterocycles. The van der Waals surface area contributed by atoms with E-state index in [9.17, 15) is 8.42 Å². The van der Waals surface area contributed by atoms with Gasteiger partial charge in [0.1, 0.15) is 0 Å². The van der Waals surface area contributed by atoms with Crippen molar-refractivity contribution in [3.05, 3.63) is 29.8 Å². The predicted molar refractivity (Wildman–Crippen MR) is 69.5 cm³/mol. The summed E-state index contributed by atoms with van der Waals surface area (Å²) in [6, 6.07) is 6.39. The van der Waals surface area contributed by atoms with Crippen LogP contribution in [0.5, 0.6) is 0 Å². The van der Waals surface area contributed by atoms with Crippen LogP contribution in [-0.4, -0.2) is 20.1 Å². The minimum atomic E-state index is -3.43. The molecule has 1 aliphatic carbocycles. The molecule has 0 unspecified atom stereocenters. The van der Waals surface area contributed by atoms with E-state index in [0.29, 0.717) is 12.1 Å². The predicted octanol–water partition coefficient (Wildman–Crippen LogP) is 1.65. The maximum absolute atomic E-state index is 12.0. The second-order valence-corrected chi connectivity index (χ2v) is 6.56. The number of hydrogen-bond donors (Lipinski definition) is 2. The molecule has 1 fully saturated rings. The fraction of sp³-hybridized carbons (Fsp3) is 0.538. The van der Waals surface area contributed by atoms with E-state index in [-0.39, 0.29) is 11.5 Å². The summed E-state index contributed by atoms with van der Waals surface area (Å²) in [7, 11) is -3.43. The standard InChI is InChI=1S/C13H19NO3S/c15-10-12-3-1-5-13(9-12)18(16,17)14-8-2-4-11-6-7-11/h1,3,5,9,11,14-15H,2,4,6-8,10H2. The van der Waals surface area contributed by atoms with Crippen molar-refractivity contribution in [3.63, 3.8) is 0 Å². The summed E-state index contributed by atoms with van der Waals surface area (Å²) in [5, 5.41) is 8.99. The lowest BCUT2D eigenvalue weighted by atomic mass is 10.2. The van der Waals surface area contributed by atoms with Crippen LogP contribution in [0.3, 0.4) is 0 Å². The number of hydrogen-bond acceptors (Lipinski definition) is 3. The summed E-state index contributed by atoms with van der Waals surface area (Å²) in [5.41, 5.74) is 0.607. The Labute approximate surface area is 108 Å². The van der Waals surface area contributed by atoms with Gasteiger partial charge in [-0.15, -0.1) is 0 Å². The van der Waals surface area contributed by atoms with Gasteiger partial charge in [-0.3, -0.25) is 0 Å². The fourth-order valence-corrected chi connectivity index (χ4v) is 3.04. The monoisotopic (exact) mass is 269 g/mol. The Morgan fingerprint density at radius 1 is 1.33 bits per heavy atom. The molecule has 2 N–H and O–H groups in total. The average molecular weight is 269 g/mol. The lowest BCUT2D eigenvalue weighted by Crippen LogP contribution is -2.25. The topological polar surface area (TPSA) is 66.4 Å². The molecular formula is C13H19NO3S. The van der Waals surface area contributed by atoms with E-state index in [1.807, 2.05) is 0 Å². The Morgan fingerprint density at radius 2 is 2.11 bits per heavy atom. The Hall–Kier alpha value is -0.910. The second-order valence-electron chi connectivity index (χ2n) is 4.79. The van der Waals surface area contributed by atoms with Crippen LogP contribution >= 0.6 is 0 Å². The second kappa shape index (κ2) is 5.82. The lowest BCUT2D eigenvalue weighted by molar-refractivity contribution is 0.281. The number of aliphatic hydroxyl groups is 1. The van der Waals surface area contributed by atoms with E-state index in [2.05, 4.69) is 4.72 Å². The van der Waals surface area contributed by atoms with E-state index < -0.39 is 10.0 Å². The van der Waals surface area contributed by atoms with Crippen molar-refractivity contribution in [3.8, 4) is 0 Å². The van der Waals surface area contributed by atoms with Crippen LogP contribution in [0.1, 0.15) is 31.2 Å². The minimum absolute atomic E-state index is 0.148. The summed E-state index contributed by atoms with van der Waals surface area (Å²) >= 11 is 0. The Balaban J connectivity index is 1.91. The summed E-state index contributed by atoms with van der Waals surface area (Å²) < 4.78 is 26.5. The van der Waals surface area contributed by atoms with Gasteiger partial charge in [-0.05, 0) is 36.5 Å². The number of sulfonamides is 1. The molecule has 1 saturated carbocycles. The summed E-state index contributed by atoms with van der Waals surface area (Å²) in [5.74, 6) is 0.826. The van der Waals surface area contributed by atoms with Gasteiger partial charge in [0.05, 0.1) is 11.5 Å². The molecule has 0 aliphatic heterocycles. The Bertz CT molecular complexity index is 495. The molecule has 1 aliphatic rings. The van der Waals surface area contributed by atoms with Crippen molar-refractivity contribution in [2.45, 2.75) is 37.2 Å². The number of aliphatic hydroxyl groups excluding tert-OH is 1. The van der Waals surface area contributed by atoms with Crippen LogP contribution in [0.2, 0.25) is 0 Å². The molecule has 0 spiro atoms. The summed E-state index contributed by atoms with van der Waals surface area (Å²) in [6.45, 7) is 0.341. The first-order valence-corrected chi connectivity index (χ1v) is 7.79. The molecule has 18 heavy (non-hydrogen) atoms.